The van der Waals surface area contributed by atoms with Gasteiger partial charge in [0.25, 0.3) is 5.56 Å². The monoisotopic (exact) mass is 218 g/mol. The summed E-state index contributed by atoms with van der Waals surface area (Å²) in [6, 6.07) is 1.85. The molecular formula is C12H14N2O2. The van der Waals surface area contributed by atoms with Crippen LogP contribution in [-0.2, 0) is 6.42 Å². The minimum atomic E-state index is -0.0826. The molecule has 2 aromatic heterocycles. The minimum Gasteiger partial charge on any atom is -0.461 e. The van der Waals surface area contributed by atoms with Gasteiger partial charge in [0.05, 0.1) is 6.26 Å². The molecule has 0 unspecified atom stereocenters. The van der Waals surface area contributed by atoms with Crippen molar-refractivity contribution in [2.45, 2.75) is 27.2 Å². The van der Waals surface area contributed by atoms with Crippen LogP contribution in [0.15, 0.2) is 21.5 Å². The number of aryl methyl sites for hydroxylation is 2. The Morgan fingerprint density at radius 3 is 2.69 bits per heavy atom. The van der Waals surface area contributed by atoms with Crippen LogP contribution < -0.4 is 5.56 Å². The molecule has 0 radical (unpaired) electrons. The zero-order chi connectivity index (χ0) is 11.7. The van der Waals surface area contributed by atoms with E-state index in [4.69, 9.17) is 4.42 Å². The smallest absolute Gasteiger partial charge is 0.254 e. The number of furan rings is 1. The van der Waals surface area contributed by atoms with Crippen LogP contribution in [-0.4, -0.2) is 9.97 Å². The molecule has 0 bridgehead atoms. The van der Waals surface area contributed by atoms with Gasteiger partial charge in [-0.2, -0.15) is 0 Å². The highest BCUT2D eigenvalue weighted by Gasteiger charge is 2.11. The Morgan fingerprint density at radius 1 is 1.44 bits per heavy atom. The van der Waals surface area contributed by atoms with Crippen molar-refractivity contribution in [2.75, 3.05) is 0 Å². The zero-order valence-corrected chi connectivity index (χ0v) is 9.63. The van der Waals surface area contributed by atoms with Crippen molar-refractivity contribution in [3.05, 3.63) is 39.5 Å². The molecule has 0 saturated heterocycles. The lowest BCUT2D eigenvalue weighted by molar-refractivity contribution is 0.574. The molecule has 0 aromatic carbocycles. The highest BCUT2D eigenvalue weighted by atomic mass is 16.3. The van der Waals surface area contributed by atoms with E-state index in [9.17, 15) is 4.79 Å². The van der Waals surface area contributed by atoms with E-state index in [0.717, 1.165) is 16.8 Å². The van der Waals surface area contributed by atoms with Crippen molar-refractivity contribution in [1.29, 1.82) is 0 Å². The summed E-state index contributed by atoms with van der Waals surface area (Å²) in [5, 5.41) is 0. The van der Waals surface area contributed by atoms with Crippen LogP contribution >= 0.6 is 0 Å². The van der Waals surface area contributed by atoms with Crippen molar-refractivity contribution in [3.8, 4) is 11.6 Å². The van der Waals surface area contributed by atoms with Crippen LogP contribution in [0.4, 0.5) is 0 Å². The standard InChI is InChI=1S/C12H14N2O2/c1-4-9-8(3)13-11(14-12(9)15)10-7(2)5-6-16-10/h5-6H,4H2,1-3H3,(H,13,14,15). The molecule has 0 aliphatic heterocycles. The van der Waals surface area contributed by atoms with E-state index in [1.807, 2.05) is 26.8 Å². The number of nitrogens with zero attached hydrogens (tertiary/aromatic N) is 1. The number of H-pyrrole nitrogens is 1. The lowest BCUT2D eigenvalue weighted by Gasteiger charge is -2.04. The highest BCUT2D eigenvalue weighted by molar-refractivity contribution is 5.52. The Hall–Kier alpha value is -1.84. The van der Waals surface area contributed by atoms with Gasteiger partial charge in [0.1, 0.15) is 0 Å². The lowest BCUT2D eigenvalue weighted by atomic mass is 10.2. The Morgan fingerprint density at radius 2 is 2.19 bits per heavy atom. The summed E-state index contributed by atoms with van der Waals surface area (Å²) in [4.78, 5) is 18.9. The van der Waals surface area contributed by atoms with E-state index in [-0.39, 0.29) is 5.56 Å². The summed E-state index contributed by atoms with van der Waals surface area (Å²) in [5.41, 5.74) is 2.37. The fourth-order valence-electron chi connectivity index (χ4n) is 1.75. The molecule has 4 nitrogen and oxygen atoms in total. The third-order valence-electron chi connectivity index (χ3n) is 2.65. The van der Waals surface area contributed by atoms with E-state index in [0.29, 0.717) is 18.0 Å². The van der Waals surface area contributed by atoms with Gasteiger partial charge in [-0.1, -0.05) is 6.92 Å². The summed E-state index contributed by atoms with van der Waals surface area (Å²) >= 11 is 0. The zero-order valence-electron chi connectivity index (χ0n) is 9.63. The maximum atomic E-state index is 11.8. The van der Waals surface area contributed by atoms with Crippen molar-refractivity contribution in [3.63, 3.8) is 0 Å². The van der Waals surface area contributed by atoms with Crippen LogP contribution in [0.25, 0.3) is 11.6 Å². The number of aromatic nitrogens is 2. The molecule has 84 valence electrons. The number of rotatable bonds is 2. The second kappa shape index (κ2) is 3.96. The Balaban J connectivity index is 2.61. The van der Waals surface area contributed by atoms with Crippen LogP contribution in [0, 0.1) is 13.8 Å². The molecule has 2 rings (SSSR count). The number of aromatic amines is 1. The molecule has 0 fully saturated rings. The number of hydrogen-bond donors (Lipinski definition) is 1. The average Bonchev–Trinajstić information content (AvgIpc) is 2.64. The number of hydrogen-bond acceptors (Lipinski definition) is 3. The van der Waals surface area contributed by atoms with E-state index in [2.05, 4.69) is 9.97 Å². The summed E-state index contributed by atoms with van der Waals surface area (Å²) < 4.78 is 5.30. The Labute approximate surface area is 93.3 Å². The van der Waals surface area contributed by atoms with Gasteiger partial charge < -0.3 is 9.40 Å². The molecular weight excluding hydrogens is 204 g/mol. The van der Waals surface area contributed by atoms with Gasteiger partial charge in [0.2, 0.25) is 0 Å². The molecule has 0 aliphatic rings. The van der Waals surface area contributed by atoms with Crippen molar-refractivity contribution >= 4 is 0 Å². The van der Waals surface area contributed by atoms with Gasteiger partial charge >= 0.3 is 0 Å². The SMILES string of the molecule is CCc1c(C)nc(-c2occc2C)[nH]c1=O. The number of nitrogens with one attached hydrogen (secondary N) is 1. The summed E-state index contributed by atoms with van der Waals surface area (Å²) in [6.45, 7) is 5.70. The second-order valence-corrected chi connectivity index (χ2v) is 3.76. The molecule has 0 spiro atoms. The largest absolute Gasteiger partial charge is 0.461 e. The maximum Gasteiger partial charge on any atom is 0.254 e. The first-order chi connectivity index (χ1) is 7.63. The first-order valence-electron chi connectivity index (χ1n) is 5.27. The Bertz CT molecular complexity index is 567. The first-order valence-corrected chi connectivity index (χ1v) is 5.27. The highest BCUT2D eigenvalue weighted by Crippen LogP contribution is 2.20. The van der Waals surface area contributed by atoms with Gasteiger partial charge in [-0.3, -0.25) is 4.79 Å². The van der Waals surface area contributed by atoms with Gasteiger partial charge in [-0.25, -0.2) is 4.98 Å². The third-order valence-corrected chi connectivity index (χ3v) is 2.65. The maximum absolute atomic E-state index is 11.8. The van der Waals surface area contributed by atoms with Crippen LogP contribution in [0.3, 0.4) is 0 Å². The van der Waals surface area contributed by atoms with E-state index >= 15 is 0 Å². The summed E-state index contributed by atoms with van der Waals surface area (Å²) in [5.74, 6) is 1.13. The third kappa shape index (κ3) is 1.66. The molecule has 2 aromatic rings. The lowest BCUT2D eigenvalue weighted by Crippen LogP contribution is -2.16. The van der Waals surface area contributed by atoms with E-state index in [1.54, 1.807) is 6.26 Å². The average molecular weight is 218 g/mol. The normalized spacial score (nSPS) is 10.7. The topological polar surface area (TPSA) is 58.9 Å². The molecule has 0 saturated carbocycles. The fourth-order valence-corrected chi connectivity index (χ4v) is 1.75. The summed E-state index contributed by atoms with van der Waals surface area (Å²) in [7, 11) is 0. The van der Waals surface area contributed by atoms with Crippen LogP contribution in [0.2, 0.25) is 0 Å². The van der Waals surface area contributed by atoms with Gasteiger partial charge in [-0.15, -0.1) is 0 Å². The molecule has 0 aliphatic carbocycles. The van der Waals surface area contributed by atoms with Crippen LogP contribution in [0.5, 0.6) is 0 Å². The van der Waals surface area contributed by atoms with Crippen LogP contribution in [0.1, 0.15) is 23.7 Å². The molecule has 0 amide bonds. The van der Waals surface area contributed by atoms with Crippen molar-refractivity contribution in [1.82, 2.24) is 9.97 Å². The van der Waals surface area contributed by atoms with E-state index < -0.39 is 0 Å². The van der Waals surface area contributed by atoms with Crippen molar-refractivity contribution in [2.24, 2.45) is 0 Å². The molecule has 2 heterocycles. The Kier molecular flexibility index (Phi) is 2.64. The predicted octanol–water partition coefficient (Wildman–Crippen LogP) is 2.21. The quantitative estimate of drug-likeness (QED) is 0.840. The predicted molar refractivity (Wildman–Crippen MR) is 61.4 cm³/mol. The van der Waals surface area contributed by atoms with Gasteiger partial charge in [-0.05, 0) is 31.9 Å². The van der Waals surface area contributed by atoms with Gasteiger partial charge in [0, 0.05) is 11.3 Å². The molecule has 1 N–H and O–H groups in total. The minimum absolute atomic E-state index is 0.0826. The molecule has 0 atom stereocenters. The molecule has 4 heteroatoms. The molecule has 16 heavy (non-hydrogen) atoms. The van der Waals surface area contributed by atoms with Gasteiger partial charge in [0.15, 0.2) is 11.6 Å². The summed E-state index contributed by atoms with van der Waals surface area (Å²) in [6.07, 6.45) is 2.28. The van der Waals surface area contributed by atoms with E-state index in [1.165, 1.54) is 0 Å². The first kappa shape index (κ1) is 10.7. The fraction of sp³-hybridized carbons (Fsp3) is 0.333. The van der Waals surface area contributed by atoms with Crippen molar-refractivity contribution < 1.29 is 4.42 Å². The second-order valence-electron chi connectivity index (χ2n) is 3.76.